The van der Waals surface area contributed by atoms with Gasteiger partial charge in [-0.15, -0.1) is 0 Å². The number of phenols is 1. The van der Waals surface area contributed by atoms with E-state index in [1.165, 1.54) is 17.0 Å². The number of carbonyl (C=O) groups is 3. The van der Waals surface area contributed by atoms with Crippen molar-refractivity contribution in [1.29, 1.82) is 5.26 Å². The fourth-order valence-corrected chi connectivity index (χ4v) is 4.35. The molecule has 0 aliphatic carbocycles. The summed E-state index contributed by atoms with van der Waals surface area (Å²) < 4.78 is 5.41. The highest BCUT2D eigenvalue weighted by molar-refractivity contribution is 5.99. The van der Waals surface area contributed by atoms with Gasteiger partial charge in [0.05, 0.1) is 6.07 Å². The maximum Gasteiger partial charge on any atom is 0.408 e. The van der Waals surface area contributed by atoms with Crippen molar-refractivity contribution >= 4 is 23.6 Å². The monoisotopic (exact) mass is 556 g/mol. The average molecular weight is 557 g/mol. The molecule has 0 fully saturated rings. The maximum atomic E-state index is 14.2. The van der Waals surface area contributed by atoms with Gasteiger partial charge in [-0.3, -0.25) is 9.59 Å². The lowest BCUT2D eigenvalue weighted by Crippen LogP contribution is -2.53. The molecule has 0 spiro atoms. The van der Waals surface area contributed by atoms with Crippen molar-refractivity contribution in [1.82, 2.24) is 10.2 Å². The Morgan fingerprint density at radius 3 is 2.15 bits per heavy atom. The highest BCUT2D eigenvalue weighted by Crippen LogP contribution is 2.28. The Bertz CT molecular complexity index is 1420. The number of benzene rings is 3. The van der Waals surface area contributed by atoms with Gasteiger partial charge in [-0.25, -0.2) is 4.79 Å². The summed E-state index contributed by atoms with van der Waals surface area (Å²) in [5.74, 6) is -1.09. The molecule has 0 radical (unpaired) electrons. The molecule has 0 bridgehead atoms. The van der Waals surface area contributed by atoms with Crippen LogP contribution in [0, 0.1) is 25.2 Å². The van der Waals surface area contributed by atoms with E-state index in [-0.39, 0.29) is 12.2 Å². The van der Waals surface area contributed by atoms with Gasteiger partial charge >= 0.3 is 6.09 Å². The zero-order valence-electron chi connectivity index (χ0n) is 24.0. The molecule has 0 saturated carbocycles. The van der Waals surface area contributed by atoms with E-state index in [1.807, 2.05) is 44.2 Å². The predicted molar refractivity (Wildman–Crippen MR) is 156 cm³/mol. The third-order valence-electron chi connectivity index (χ3n) is 6.34. The lowest BCUT2D eigenvalue weighted by molar-refractivity contribution is -0.140. The maximum absolute atomic E-state index is 14.2. The van der Waals surface area contributed by atoms with Crippen LogP contribution in [0.4, 0.5) is 10.5 Å². The highest BCUT2D eigenvalue weighted by atomic mass is 16.6. The molecule has 3 amide bonds. The average Bonchev–Trinajstić information content (AvgIpc) is 2.90. The number of hydrogen-bond acceptors (Lipinski definition) is 6. The summed E-state index contributed by atoms with van der Waals surface area (Å²) in [5, 5.41) is 25.1. The summed E-state index contributed by atoms with van der Waals surface area (Å²) in [6.45, 7) is 8.38. The molecule has 0 aliphatic heterocycles. The summed E-state index contributed by atoms with van der Waals surface area (Å²) >= 11 is 0. The van der Waals surface area contributed by atoms with Gasteiger partial charge in [-0.1, -0.05) is 54.6 Å². The van der Waals surface area contributed by atoms with Crippen molar-refractivity contribution in [2.24, 2.45) is 0 Å². The number of alkyl carbamates (subject to hydrolysis) is 1. The van der Waals surface area contributed by atoms with Crippen LogP contribution in [0.5, 0.6) is 5.75 Å². The summed E-state index contributed by atoms with van der Waals surface area (Å²) in [6.07, 6.45) is -0.788. The molecule has 41 heavy (non-hydrogen) atoms. The van der Waals surface area contributed by atoms with Crippen LogP contribution in [0.1, 0.15) is 49.1 Å². The number of hydrogen-bond donors (Lipinski definition) is 3. The molecule has 0 heterocycles. The number of phenolic OH excluding ortho intramolecular Hbond substituents is 1. The molecule has 0 aromatic heterocycles. The molecule has 0 saturated heterocycles. The van der Waals surface area contributed by atoms with Crippen molar-refractivity contribution in [2.75, 3.05) is 11.9 Å². The Labute approximate surface area is 240 Å². The number of nitriles is 1. The number of rotatable bonds is 9. The predicted octanol–water partition coefficient (Wildman–Crippen LogP) is 5.18. The van der Waals surface area contributed by atoms with E-state index >= 15 is 0 Å². The van der Waals surface area contributed by atoms with Crippen LogP contribution < -0.4 is 10.6 Å². The van der Waals surface area contributed by atoms with E-state index in [1.54, 1.807) is 57.2 Å². The first-order valence-electron chi connectivity index (χ1n) is 13.3. The van der Waals surface area contributed by atoms with Crippen LogP contribution in [-0.2, 0) is 20.7 Å². The third kappa shape index (κ3) is 8.57. The number of ether oxygens (including phenoxy) is 1. The molecule has 2 unspecified atom stereocenters. The van der Waals surface area contributed by atoms with Gasteiger partial charge in [0.2, 0.25) is 5.91 Å². The van der Waals surface area contributed by atoms with Crippen LogP contribution in [0.3, 0.4) is 0 Å². The number of carbonyl (C=O) groups excluding carboxylic acids is 3. The summed E-state index contributed by atoms with van der Waals surface area (Å²) in [5.41, 5.74) is 2.53. The fourth-order valence-electron chi connectivity index (χ4n) is 4.35. The standard InChI is InChI=1S/C32H36N4O5/c1-21-10-6-8-12-25(21)28(29(38)34-26-13-9-7-11-22(26)2)36(19-18-33)30(39)27(35-31(40)41-32(3,4)5)20-23-14-16-24(37)17-15-23/h6-17,27-28,37H,19-20H2,1-5H3,(H,34,38)(H,35,40). The van der Waals surface area contributed by atoms with E-state index < -0.39 is 42.1 Å². The Morgan fingerprint density at radius 1 is 0.951 bits per heavy atom. The first kappa shape index (κ1) is 30.7. The summed E-state index contributed by atoms with van der Waals surface area (Å²) in [4.78, 5) is 42.1. The molecule has 214 valence electrons. The van der Waals surface area contributed by atoms with Crippen molar-refractivity contribution < 1.29 is 24.2 Å². The van der Waals surface area contributed by atoms with Crippen molar-refractivity contribution in [3.63, 3.8) is 0 Å². The van der Waals surface area contributed by atoms with Crippen molar-refractivity contribution in [2.45, 2.75) is 58.7 Å². The normalized spacial score (nSPS) is 12.4. The first-order valence-corrected chi connectivity index (χ1v) is 13.3. The lowest BCUT2D eigenvalue weighted by atomic mass is 9.97. The molecule has 3 aromatic carbocycles. The minimum Gasteiger partial charge on any atom is -0.508 e. The zero-order valence-corrected chi connectivity index (χ0v) is 24.0. The van der Waals surface area contributed by atoms with E-state index in [2.05, 4.69) is 10.6 Å². The number of para-hydroxylation sites is 1. The topological polar surface area (TPSA) is 132 Å². The number of nitrogens with zero attached hydrogens (tertiary/aromatic N) is 2. The van der Waals surface area contributed by atoms with Crippen molar-refractivity contribution in [3.05, 3.63) is 95.1 Å². The van der Waals surface area contributed by atoms with Gasteiger partial charge in [-0.2, -0.15) is 5.26 Å². The van der Waals surface area contributed by atoms with E-state index in [9.17, 15) is 24.8 Å². The van der Waals surface area contributed by atoms with Gasteiger partial charge in [0.15, 0.2) is 0 Å². The van der Waals surface area contributed by atoms with E-state index in [4.69, 9.17) is 4.74 Å². The number of anilines is 1. The van der Waals surface area contributed by atoms with Crippen LogP contribution in [0.15, 0.2) is 72.8 Å². The van der Waals surface area contributed by atoms with Gasteiger partial charge < -0.3 is 25.4 Å². The second-order valence-corrected chi connectivity index (χ2v) is 10.8. The summed E-state index contributed by atoms with van der Waals surface area (Å²) in [7, 11) is 0. The fraction of sp³-hybridized carbons (Fsp3) is 0.312. The molecular formula is C32H36N4O5. The lowest BCUT2D eigenvalue weighted by Gasteiger charge is -2.33. The van der Waals surface area contributed by atoms with E-state index in [0.717, 1.165) is 11.1 Å². The first-order chi connectivity index (χ1) is 19.4. The van der Waals surface area contributed by atoms with Gasteiger partial charge in [-0.05, 0) is 75.1 Å². The molecule has 0 aliphatic rings. The molecule has 3 rings (SSSR count). The van der Waals surface area contributed by atoms with Crippen LogP contribution >= 0.6 is 0 Å². The Kier molecular flexibility index (Phi) is 10.1. The number of aryl methyl sites for hydroxylation is 2. The van der Waals surface area contributed by atoms with Gasteiger partial charge in [0.1, 0.15) is 30.0 Å². The zero-order chi connectivity index (χ0) is 30.2. The largest absolute Gasteiger partial charge is 0.508 e. The number of nitrogens with one attached hydrogen (secondary N) is 2. The van der Waals surface area contributed by atoms with Gasteiger partial charge in [0, 0.05) is 12.1 Å². The van der Waals surface area contributed by atoms with Gasteiger partial charge in [0.25, 0.3) is 5.91 Å². The molecule has 9 nitrogen and oxygen atoms in total. The van der Waals surface area contributed by atoms with Crippen LogP contribution in [0.25, 0.3) is 0 Å². The minimum atomic E-state index is -1.18. The Balaban J connectivity index is 2.06. The van der Waals surface area contributed by atoms with Crippen molar-refractivity contribution in [3.8, 4) is 11.8 Å². The second-order valence-electron chi connectivity index (χ2n) is 10.8. The van der Waals surface area contributed by atoms with Crippen LogP contribution in [-0.4, -0.2) is 46.1 Å². The SMILES string of the molecule is Cc1ccccc1NC(=O)C(c1ccccc1C)N(CC#N)C(=O)C(Cc1ccc(O)cc1)NC(=O)OC(C)(C)C. The number of aromatic hydroxyl groups is 1. The molecule has 9 heteroatoms. The molecule has 2 atom stereocenters. The molecule has 3 N–H and O–H groups in total. The molecule has 3 aromatic rings. The highest BCUT2D eigenvalue weighted by Gasteiger charge is 2.37. The Hall–Kier alpha value is -4.84. The van der Waals surface area contributed by atoms with Crippen LogP contribution in [0.2, 0.25) is 0 Å². The number of amides is 3. The van der Waals surface area contributed by atoms with E-state index in [0.29, 0.717) is 16.8 Å². The third-order valence-corrected chi connectivity index (χ3v) is 6.34. The molecular weight excluding hydrogens is 520 g/mol. The quantitative estimate of drug-likeness (QED) is 0.311. The summed E-state index contributed by atoms with van der Waals surface area (Å²) in [6, 6.07) is 20.3. The second kappa shape index (κ2) is 13.5. The smallest absolute Gasteiger partial charge is 0.408 e. The Morgan fingerprint density at radius 2 is 1.56 bits per heavy atom. The minimum absolute atomic E-state index is 0.0280.